The smallest absolute Gasteiger partial charge is 0.744 e. The third kappa shape index (κ3) is 11.7. The van der Waals surface area contributed by atoms with E-state index in [4.69, 9.17) is 5.73 Å². The number of hydrogen-bond acceptors (Lipinski definition) is 19. The number of para-hydroxylation sites is 1. The molecule has 49 heavy (non-hydrogen) atoms. The molecular weight excluding hydrogens is 740 g/mol. The van der Waals surface area contributed by atoms with E-state index in [1.54, 1.807) is 54.6 Å². The predicted molar refractivity (Wildman–Crippen MR) is 156 cm³/mol. The van der Waals surface area contributed by atoms with Crippen molar-refractivity contribution in [2.24, 2.45) is 10.2 Å². The largest absolute Gasteiger partial charge is 1.00 e. The number of fused-ring (bicyclic) bond motifs is 1. The van der Waals surface area contributed by atoms with Crippen LogP contribution in [0.1, 0.15) is 0 Å². The summed E-state index contributed by atoms with van der Waals surface area (Å²) in [7, 11) is -5.06. The average molecular weight is 757 g/mol. The number of nitrogens with zero attached hydrogens (tertiary/aromatic N) is 5. The molecule has 0 atom stereocenters. The van der Waals surface area contributed by atoms with E-state index in [2.05, 4.69) is 54.6 Å². The molecule has 0 amide bonds. The zero-order chi connectivity index (χ0) is 32.7. The second kappa shape index (κ2) is 20.5. The van der Waals surface area contributed by atoms with Crippen molar-refractivity contribution in [2.75, 3.05) is 16.4 Å². The minimum atomic E-state index is -5.06. The van der Waals surface area contributed by atoms with Crippen LogP contribution in [0.25, 0.3) is 10.8 Å². The van der Waals surface area contributed by atoms with E-state index in [-0.39, 0.29) is 123 Å². The molecule has 0 aliphatic carbocycles. The van der Waals surface area contributed by atoms with Gasteiger partial charge in [-0.15, -0.1) is 10.2 Å². The molecule has 0 bridgehead atoms. The summed E-state index contributed by atoms with van der Waals surface area (Å²) in [6.07, 6.45) is -1.19. The van der Waals surface area contributed by atoms with Gasteiger partial charge in [0.2, 0.25) is 11.9 Å². The predicted octanol–water partition coefficient (Wildman–Crippen LogP) is -4.97. The van der Waals surface area contributed by atoms with Gasteiger partial charge in [0.1, 0.15) is 21.5 Å². The molecule has 0 saturated carbocycles. The van der Waals surface area contributed by atoms with Gasteiger partial charge in [0.25, 0.3) is 0 Å². The SMILES string of the molecule is Nc1c(N=Nc2cc(Nc3nc(F)nc(Nc4ccccc4SOO[O-])n3)ccc2S(=O)(=O)[O-])c(SOO[O-])cc2ccccc12.[Na+].[Na+].[Na+]. The van der Waals surface area contributed by atoms with Crippen molar-refractivity contribution in [1.82, 2.24) is 15.0 Å². The summed E-state index contributed by atoms with van der Waals surface area (Å²) in [6.45, 7) is 0. The van der Waals surface area contributed by atoms with Crippen LogP contribution < -0.4 is 116 Å². The molecule has 5 rings (SSSR count). The number of halogens is 1. The summed E-state index contributed by atoms with van der Waals surface area (Å²) in [5, 5.41) is 42.2. The number of hydrogen-bond donors (Lipinski definition) is 3. The van der Waals surface area contributed by atoms with Gasteiger partial charge < -0.3 is 31.4 Å². The molecule has 0 aliphatic rings. The number of nitrogens with two attached hydrogens (primary N) is 1. The van der Waals surface area contributed by atoms with Crippen LogP contribution in [-0.4, -0.2) is 27.9 Å². The monoisotopic (exact) mass is 756 g/mol. The first-order valence-electron chi connectivity index (χ1n) is 12.3. The Balaban J connectivity index is 0.00000278. The molecule has 0 unspecified atom stereocenters. The summed E-state index contributed by atoms with van der Waals surface area (Å²) in [5.41, 5.74) is 6.35. The Morgan fingerprint density at radius 1 is 0.796 bits per heavy atom. The zero-order valence-electron chi connectivity index (χ0n) is 25.5. The van der Waals surface area contributed by atoms with E-state index in [0.29, 0.717) is 45.4 Å². The third-order valence-corrected chi connectivity index (χ3v) is 7.97. The van der Waals surface area contributed by atoms with Crippen LogP contribution >= 0.6 is 24.1 Å². The average Bonchev–Trinajstić information content (AvgIpc) is 3.02. The first-order valence-corrected chi connectivity index (χ1v) is 15.2. The molecule has 1 heterocycles. The minimum Gasteiger partial charge on any atom is -0.744 e. The van der Waals surface area contributed by atoms with Gasteiger partial charge in [-0.3, -0.25) is 10.1 Å². The second-order valence-corrected chi connectivity index (χ2v) is 11.5. The van der Waals surface area contributed by atoms with Crippen LogP contribution in [-0.2, 0) is 28.9 Å². The van der Waals surface area contributed by atoms with E-state index in [9.17, 15) is 27.9 Å². The van der Waals surface area contributed by atoms with Gasteiger partial charge in [-0.05, 0) is 41.8 Å². The van der Waals surface area contributed by atoms with Gasteiger partial charge in [-0.25, -0.2) is 8.42 Å². The first kappa shape index (κ1) is 43.6. The minimum absolute atomic E-state index is 0. The first-order chi connectivity index (χ1) is 22.2. The maximum Gasteiger partial charge on any atom is 1.00 e. The fourth-order valence-corrected chi connectivity index (χ4v) is 5.49. The Kier molecular flexibility index (Phi) is 18.2. The van der Waals surface area contributed by atoms with Gasteiger partial charge in [0.15, 0.2) is 0 Å². The maximum absolute atomic E-state index is 14.4. The molecule has 0 fully saturated rings. The number of nitrogen functional groups attached to an aromatic ring is 1. The molecule has 1 aromatic heterocycles. The van der Waals surface area contributed by atoms with Crippen LogP contribution in [0.3, 0.4) is 0 Å². The Morgan fingerprint density at radius 3 is 2.12 bits per heavy atom. The van der Waals surface area contributed by atoms with Crippen LogP contribution in [0.15, 0.2) is 97.7 Å². The molecule has 0 aliphatic heterocycles. The van der Waals surface area contributed by atoms with Crippen molar-refractivity contribution in [3.63, 3.8) is 0 Å². The van der Waals surface area contributed by atoms with Crippen molar-refractivity contribution < 1.29 is 135 Å². The van der Waals surface area contributed by atoms with Crippen LogP contribution in [0, 0.1) is 6.08 Å². The summed E-state index contributed by atoms with van der Waals surface area (Å²) >= 11 is 1.06. The fourth-order valence-electron chi connectivity index (χ4n) is 3.95. The van der Waals surface area contributed by atoms with E-state index < -0.39 is 26.8 Å². The van der Waals surface area contributed by atoms with E-state index in [1.807, 2.05) is 0 Å². The van der Waals surface area contributed by atoms with Gasteiger partial charge in [0, 0.05) is 11.1 Å². The second-order valence-electron chi connectivity index (χ2n) is 8.63. The van der Waals surface area contributed by atoms with Crippen molar-refractivity contribution in [3.8, 4) is 0 Å². The summed E-state index contributed by atoms with van der Waals surface area (Å²) in [4.78, 5) is 11.1. The molecular formula is C25H16FN8Na3O9S3. The van der Waals surface area contributed by atoms with Gasteiger partial charge in [-0.2, -0.15) is 28.0 Å². The molecule has 0 radical (unpaired) electrons. The quantitative estimate of drug-likeness (QED) is 0.0193. The molecule has 0 spiro atoms. The molecule has 0 saturated heterocycles. The van der Waals surface area contributed by atoms with E-state index in [1.165, 1.54) is 6.07 Å². The number of nitrogens with one attached hydrogen (secondary N) is 2. The normalized spacial score (nSPS) is 11.0. The summed E-state index contributed by atoms with van der Waals surface area (Å²) in [6, 6.07) is 18.2. The number of anilines is 5. The molecule has 4 N–H and O–H groups in total. The van der Waals surface area contributed by atoms with Gasteiger partial charge in [-0.1, -0.05) is 36.4 Å². The Morgan fingerprint density at radius 2 is 1.43 bits per heavy atom. The molecule has 238 valence electrons. The molecule has 24 heteroatoms. The van der Waals surface area contributed by atoms with Crippen molar-refractivity contribution in [2.45, 2.75) is 14.7 Å². The van der Waals surface area contributed by atoms with Crippen molar-refractivity contribution >= 4 is 85.3 Å². The number of azo groups is 1. The Bertz CT molecular complexity index is 2040. The summed E-state index contributed by atoms with van der Waals surface area (Å²) in [5.74, 6) is -0.585. The van der Waals surface area contributed by atoms with Crippen LogP contribution in [0.4, 0.5) is 44.7 Å². The number of benzene rings is 4. The van der Waals surface area contributed by atoms with Crippen molar-refractivity contribution in [1.29, 1.82) is 0 Å². The topological polar surface area (TPSA) is 254 Å². The molecule has 5 aromatic rings. The fraction of sp³-hybridized carbons (Fsp3) is 0. The Labute approximate surface area is 351 Å². The third-order valence-electron chi connectivity index (χ3n) is 5.81. The zero-order valence-corrected chi connectivity index (χ0v) is 34.0. The Hall–Kier alpha value is -1.55. The van der Waals surface area contributed by atoms with E-state index >= 15 is 0 Å². The number of aromatic nitrogens is 3. The van der Waals surface area contributed by atoms with Gasteiger partial charge in [0.05, 0.1) is 50.1 Å². The molecule has 17 nitrogen and oxygen atoms in total. The molecule has 4 aromatic carbocycles. The standard InChI is InChI=1S/C25H19FN8O9S3.3Na/c26-23-30-24(32-25(31-23)29-16-7-3-4-8-18(16)44-42-40-35)28-14-9-10-20(46(37,38)39)17(12-14)33-34-22-19(45-43-41-36)11-13-5-1-2-6-15(13)21(22)27;;;/h1-12,35-36H,27H2,(H,37,38,39)(H2,28,29,30,31,32);;;/q;3*+1/p-3. The van der Waals surface area contributed by atoms with Crippen molar-refractivity contribution in [3.05, 3.63) is 78.9 Å². The van der Waals surface area contributed by atoms with E-state index in [0.717, 1.165) is 12.1 Å². The maximum atomic E-state index is 14.4. The number of rotatable bonds is 13. The van der Waals surface area contributed by atoms with Crippen LogP contribution in [0.5, 0.6) is 0 Å². The van der Waals surface area contributed by atoms with Gasteiger partial charge >= 0.3 is 94.8 Å². The van der Waals surface area contributed by atoms with Crippen LogP contribution in [0.2, 0.25) is 0 Å². The summed E-state index contributed by atoms with van der Waals surface area (Å²) < 4.78 is 59.3.